The highest BCUT2D eigenvalue weighted by Crippen LogP contribution is 2.36. The molecule has 9 nitrogen and oxygen atoms in total. The fourth-order valence-electron chi connectivity index (χ4n) is 5.86. The molecule has 5 rings (SSSR count). The van der Waals surface area contributed by atoms with E-state index in [1.165, 1.54) is 32.1 Å². The monoisotopic (exact) mass is 521 g/mol. The van der Waals surface area contributed by atoms with Gasteiger partial charge >= 0.3 is 0 Å². The standard InChI is InChI=1S/C28H43NO8/c1-30-28-26-25(24-23(36-28)20-35-27(37-24)21-8-4-2-5-9-21)33-18-16-31-14-12-29(13-15-32-17-19-34-26)22-10-6-3-7-11-22/h2,4-5,8-9,22-28H,3,6-7,10-20H2,1H3/t23-,24-,25+,26-,27?,28+/m1/s1. The van der Waals surface area contributed by atoms with Gasteiger partial charge in [-0.1, -0.05) is 49.6 Å². The quantitative estimate of drug-likeness (QED) is 0.597. The van der Waals surface area contributed by atoms with Crippen LogP contribution in [0.15, 0.2) is 30.3 Å². The maximum atomic E-state index is 6.42. The van der Waals surface area contributed by atoms with E-state index >= 15 is 0 Å². The molecule has 3 saturated heterocycles. The van der Waals surface area contributed by atoms with Gasteiger partial charge in [0.1, 0.15) is 24.4 Å². The molecule has 0 radical (unpaired) electrons. The second kappa shape index (κ2) is 14.3. The lowest BCUT2D eigenvalue weighted by atomic mass is 9.94. The smallest absolute Gasteiger partial charge is 0.186 e. The number of hydrogen-bond acceptors (Lipinski definition) is 9. The van der Waals surface area contributed by atoms with E-state index in [0.717, 1.165) is 18.7 Å². The Hall–Kier alpha value is -1.14. The van der Waals surface area contributed by atoms with Crippen LogP contribution in [0.25, 0.3) is 0 Å². The lowest BCUT2D eigenvalue weighted by molar-refractivity contribution is -0.368. The Balaban J connectivity index is 1.24. The Labute approximate surface area is 220 Å². The zero-order chi connectivity index (χ0) is 25.3. The van der Waals surface area contributed by atoms with Gasteiger partial charge in [0.25, 0.3) is 0 Å². The van der Waals surface area contributed by atoms with Crippen molar-refractivity contribution in [1.29, 1.82) is 0 Å². The molecular weight excluding hydrogens is 478 g/mol. The summed E-state index contributed by atoms with van der Waals surface area (Å²) in [6.45, 7) is 5.44. The highest BCUT2D eigenvalue weighted by atomic mass is 16.8. The van der Waals surface area contributed by atoms with Crippen LogP contribution < -0.4 is 0 Å². The molecule has 3 heterocycles. The molecular formula is C28H43NO8. The Morgan fingerprint density at radius 2 is 1.43 bits per heavy atom. The van der Waals surface area contributed by atoms with Crippen molar-refractivity contribution in [3.8, 4) is 0 Å². The molecule has 3 aliphatic heterocycles. The number of ether oxygens (including phenoxy) is 8. The summed E-state index contributed by atoms with van der Waals surface area (Å²) < 4.78 is 49.0. The van der Waals surface area contributed by atoms with Gasteiger partial charge in [-0.15, -0.1) is 0 Å². The number of nitrogens with zero attached hydrogens (tertiary/aromatic N) is 1. The molecule has 1 unspecified atom stereocenters. The fourth-order valence-corrected chi connectivity index (χ4v) is 5.86. The Kier molecular flexibility index (Phi) is 10.6. The minimum absolute atomic E-state index is 0.321. The molecule has 1 saturated carbocycles. The van der Waals surface area contributed by atoms with Gasteiger partial charge in [-0.25, -0.2) is 0 Å². The van der Waals surface area contributed by atoms with Crippen LogP contribution in [0.5, 0.6) is 0 Å². The third-order valence-corrected chi connectivity index (χ3v) is 7.80. The van der Waals surface area contributed by atoms with E-state index in [0.29, 0.717) is 52.3 Å². The molecule has 0 amide bonds. The van der Waals surface area contributed by atoms with Gasteiger partial charge in [0.2, 0.25) is 0 Å². The summed E-state index contributed by atoms with van der Waals surface area (Å²) >= 11 is 0. The van der Waals surface area contributed by atoms with E-state index in [4.69, 9.17) is 37.9 Å². The average Bonchev–Trinajstić information content (AvgIpc) is 2.96. The van der Waals surface area contributed by atoms with Gasteiger partial charge in [0, 0.05) is 31.8 Å². The van der Waals surface area contributed by atoms with Crippen LogP contribution in [0.2, 0.25) is 0 Å². The van der Waals surface area contributed by atoms with Crippen molar-refractivity contribution in [3.05, 3.63) is 35.9 Å². The second-order valence-corrected chi connectivity index (χ2v) is 10.2. The summed E-state index contributed by atoms with van der Waals surface area (Å²) in [5.41, 5.74) is 0.962. The molecule has 4 fully saturated rings. The highest BCUT2D eigenvalue weighted by molar-refractivity contribution is 5.16. The first-order valence-corrected chi connectivity index (χ1v) is 14.0. The van der Waals surface area contributed by atoms with Gasteiger partial charge < -0.3 is 37.9 Å². The van der Waals surface area contributed by atoms with Crippen molar-refractivity contribution in [2.75, 3.05) is 66.4 Å². The molecule has 0 bridgehead atoms. The van der Waals surface area contributed by atoms with E-state index in [1.54, 1.807) is 7.11 Å². The Bertz CT molecular complexity index is 779. The zero-order valence-corrected chi connectivity index (χ0v) is 22.0. The van der Waals surface area contributed by atoms with E-state index in [2.05, 4.69) is 4.90 Å². The average molecular weight is 522 g/mol. The minimum Gasteiger partial charge on any atom is -0.378 e. The van der Waals surface area contributed by atoms with Crippen molar-refractivity contribution in [2.24, 2.45) is 0 Å². The maximum Gasteiger partial charge on any atom is 0.186 e. The van der Waals surface area contributed by atoms with E-state index in [9.17, 15) is 0 Å². The maximum absolute atomic E-state index is 6.42. The molecule has 6 atom stereocenters. The van der Waals surface area contributed by atoms with E-state index in [-0.39, 0.29) is 12.2 Å². The van der Waals surface area contributed by atoms with Gasteiger partial charge in [-0.3, -0.25) is 4.90 Å². The summed E-state index contributed by atoms with van der Waals surface area (Å²) in [6.07, 6.45) is 3.89. The summed E-state index contributed by atoms with van der Waals surface area (Å²) in [4.78, 5) is 2.54. The van der Waals surface area contributed by atoms with Gasteiger partial charge in [-0.05, 0) is 12.8 Å². The number of rotatable bonds is 3. The van der Waals surface area contributed by atoms with Crippen molar-refractivity contribution in [3.63, 3.8) is 0 Å². The van der Waals surface area contributed by atoms with Gasteiger partial charge in [0.15, 0.2) is 12.6 Å². The van der Waals surface area contributed by atoms with Crippen LogP contribution in [-0.4, -0.2) is 108 Å². The van der Waals surface area contributed by atoms with Crippen LogP contribution in [0.4, 0.5) is 0 Å². The van der Waals surface area contributed by atoms with Crippen molar-refractivity contribution < 1.29 is 37.9 Å². The number of fused-ring (bicyclic) bond motifs is 3. The van der Waals surface area contributed by atoms with Crippen LogP contribution >= 0.6 is 0 Å². The third-order valence-electron chi connectivity index (χ3n) is 7.80. The molecule has 9 heteroatoms. The largest absolute Gasteiger partial charge is 0.378 e. The predicted molar refractivity (Wildman–Crippen MR) is 135 cm³/mol. The van der Waals surface area contributed by atoms with E-state index < -0.39 is 24.8 Å². The zero-order valence-electron chi connectivity index (χ0n) is 22.0. The van der Waals surface area contributed by atoms with Crippen LogP contribution in [0, 0.1) is 0 Å². The first-order valence-electron chi connectivity index (χ1n) is 14.0. The van der Waals surface area contributed by atoms with Crippen molar-refractivity contribution in [2.45, 2.75) is 75.1 Å². The molecule has 1 aliphatic carbocycles. The predicted octanol–water partition coefficient (Wildman–Crippen LogP) is 2.92. The first-order chi connectivity index (χ1) is 18.3. The molecule has 1 aromatic rings. The van der Waals surface area contributed by atoms with Gasteiger partial charge in [-0.2, -0.15) is 0 Å². The molecule has 208 valence electrons. The van der Waals surface area contributed by atoms with E-state index in [1.807, 2.05) is 30.3 Å². The summed E-state index contributed by atoms with van der Waals surface area (Å²) in [5, 5.41) is 0. The van der Waals surface area contributed by atoms with Gasteiger partial charge in [0.05, 0.1) is 46.2 Å². The normalized spacial score (nSPS) is 36.0. The minimum atomic E-state index is -0.592. The Morgan fingerprint density at radius 1 is 0.730 bits per heavy atom. The molecule has 4 aliphatic rings. The van der Waals surface area contributed by atoms with Crippen LogP contribution in [0.1, 0.15) is 44.0 Å². The molecule has 37 heavy (non-hydrogen) atoms. The number of hydrogen-bond donors (Lipinski definition) is 0. The number of methoxy groups -OCH3 is 1. The van der Waals surface area contributed by atoms with Crippen molar-refractivity contribution >= 4 is 0 Å². The highest BCUT2D eigenvalue weighted by Gasteiger charge is 2.51. The Morgan fingerprint density at radius 3 is 2.14 bits per heavy atom. The van der Waals surface area contributed by atoms with Crippen LogP contribution in [0.3, 0.4) is 0 Å². The summed E-state index contributed by atoms with van der Waals surface area (Å²) in [5.74, 6) is 0. The SMILES string of the molecule is CO[C@H]1O[C@@H]2COC(c3ccccc3)O[C@H]2[C@@H]2OCCOCCN(C3CCCCC3)CCOCCO[C@@H]12. The summed E-state index contributed by atoms with van der Waals surface area (Å²) in [7, 11) is 1.62. The molecule has 0 aromatic heterocycles. The third kappa shape index (κ3) is 7.29. The number of benzene rings is 1. The second-order valence-electron chi connectivity index (χ2n) is 10.2. The molecule has 1 aromatic carbocycles. The molecule has 0 spiro atoms. The lowest BCUT2D eigenvalue weighted by Crippen LogP contribution is -2.63. The van der Waals surface area contributed by atoms with Crippen molar-refractivity contribution in [1.82, 2.24) is 4.90 Å². The molecule has 0 N–H and O–H groups in total. The topological polar surface area (TPSA) is 77.1 Å². The van der Waals surface area contributed by atoms with Crippen LogP contribution in [-0.2, 0) is 37.9 Å². The summed E-state index contributed by atoms with van der Waals surface area (Å²) in [6, 6.07) is 10.6. The first kappa shape index (κ1) is 27.4. The lowest BCUT2D eigenvalue weighted by Gasteiger charge is -2.48. The fraction of sp³-hybridized carbons (Fsp3) is 0.786.